The molecule has 5 heterocycles. The van der Waals surface area contributed by atoms with Gasteiger partial charge in [-0.15, -0.1) is 0 Å². The molecule has 1 saturated heterocycles. The summed E-state index contributed by atoms with van der Waals surface area (Å²) < 4.78 is 36.7. The van der Waals surface area contributed by atoms with Crippen LogP contribution in [0.25, 0.3) is 38.7 Å². The maximum absolute atomic E-state index is 15.3. The number of halogens is 2. The van der Waals surface area contributed by atoms with E-state index >= 15 is 4.39 Å². The molecule has 0 atom stereocenters. The van der Waals surface area contributed by atoms with Gasteiger partial charge < -0.3 is 29.9 Å². The summed E-state index contributed by atoms with van der Waals surface area (Å²) in [6, 6.07) is 2.93. The van der Waals surface area contributed by atoms with Crippen LogP contribution in [0.5, 0.6) is 0 Å². The van der Waals surface area contributed by atoms with Crippen LogP contribution < -0.4 is 20.7 Å². The quantitative estimate of drug-likeness (QED) is 0.303. The van der Waals surface area contributed by atoms with E-state index in [9.17, 15) is 19.1 Å². The van der Waals surface area contributed by atoms with Gasteiger partial charge in [-0.3, -0.25) is 9.20 Å². The molecule has 0 saturated carbocycles. The molecule has 206 valence electrons. The number of morpholine rings is 1. The molecule has 0 aliphatic carbocycles. The van der Waals surface area contributed by atoms with Crippen molar-refractivity contribution in [2.75, 3.05) is 62.6 Å². The van der Waals surface area contributed by atoms with E-state index in [2.05, 4.69) is 20.3 Å². The van der Waals surface area contributed by atoms with Gasteiger partial charge in [-0.25, -0.2) is 23.5 Å². The molecule has 1 aliphatic rings. The number of hydrogen-bond acceptors (Lipinski definition) is 8. The second-order valence-corrected chi connectivity index (χ2v) is 9.67. The van der Waals surface area contributed by atoms with Gasteiger partial charge in [0.25, 0.3) is 5.56 Å². The van der Waals surface area contributed by atoms with E-state index < -0.39 is 28.7 Å². The number of carboxylic acids is 1. The van der Waals surface area contributed by atoms with Gasteiger partial charge in [-0.1, -0.05) is 0 Å². The summed E-state index contributed by atoms with van der Waals surface area (Å²) in [5.41, 5.74) is 2.34. The predicted molar refractivity (Wildman–Crippen MR) is 148 cm³/mol. The van der Waals surface area contributed by atoms with Crippen LogP contribution in [0.2, 0.25) is 0 Å². The van der Waals surface area contributed by atoms with E-state index in [0.717, 1.165) is 12.3 Å². The number of ether oxygens (including phenoxy) is 1. The number of aromatic carboxylic acids is 1. The number of nitrogens with zero attached hydrogens (tertiary/aromatic N) is 5. The molecular weight excluding hydrogens is 524 g/mol. The lowest BCUT2D eigenvalue weighted by molar-refractivity contribution is 0.0694. The monoisotopic (exact) mass is 549 g/mol. The molecule has 0 unspecified atom stereocenters. The zero-order valence-corrected chi connectivity index (χ0v) is 21.9. The first-order chi connectivity index (χ1) is 19.2. The summed E-state index contributed by atoms with van der Waals surface area (Å²) in [4.78, 5) is 40.8. The van der Waals surface area contributed by atoms with Gasteiger partial charge in [-0.05, 0) is 6.07 Å². The van der Waals surface area contributed by atoms with Crippen LogP contribution in [0.3, 0.4) is 0 Å². The molecule has 6 rings (SSSR count). The molecule has 0 bridgehead atoms. The molecule has 40 heavy (non-hydrogen) atoms. The molecule has 1 aromatic carbocycles. The van der Waals surface area contributed by atoms with Crippen molar-refractivity contribution in [3.8, 4) is 11.1 Å². The Hall–Kier alpha value is -4.78. The highest BCUT2D eigenvalue weighted by Crippen LogP contribution is 2.43. The number of H-pyrrole nitrogens is 1. The SMILES string of the molecule is CNc1cc(F)c(F)c2c1[nH]c1ncc(-c3cc(N4CCOCC4)c4ncc(C(=O)O)c(=O)n4c3)c(N(C)C)c12. The third-order valence-electron chi connectivity index (χ3n) is 7.16. The Balaban J connectivity index is 1.72. The summed E-state index contributed by atoms with van der Waals surface area (Å²) in [7, 11) is 5.16. The lowest BCUT2D eigenvalue weighted by Crippen LogP contribution is -2.37. The van der Waals surface area contributed by atoms with Crippen molar-refractivity contribution in [2.24, 2.45) is 0 Å². The zero-order valence-electron chi connectivity index (χ0n) is 21.9. The summed E-state index contributed by atoms with van der Waals surface area (Å²) in [6.45, 7) is 2.01. The van der Waals surface area contributed by atoms with Crippen LogP contribution in [0.4, 0.5) is 25.8 Å². The van der Waals surface area contributed by atoms with E-state index in [1.165, 1.54) is 10.6 Å². The summed E-state index contributed by atoms with van der Waals surface area (Å²) >= 11 is 0. The van der Waals surface area contributed by atoms with Gasteiger partial charge >= 0.3 is 5.97 Å². The maximum atomic E-state index is 15.3. The van der Waals surface area contributed by atoms with Gasteiger partial charge in [0.1, 0.15) is 11.2 Å². The Kier molecular flexibility index (Phi) is 6.02. The lowest BCUT2D eigenvalue weighted by Gasteiger charge is -2.30. The number of pyridine rings is 2. The van der Waals surface area contributed by atoms with Crippen molar-refractivity contribution in [2.45, 2.75) is 0 Å². The normalized spacial score (nSPS) is 13.9. The average molecular weight is 550 g/mol. The van der Waals surface area contributed by atoms with Crippen LogP contribution >= 0.6 is 0 Å². The smallest absolute Gasteiger partial charge is 0.342 e. The summed E-state index contributed by atoms with van der Waals surface area (Å²) in [6.07, 6.45) is 4.15. The Morgan fingerprint density at radius 1 is 1.15 bits per heavy atom. The average Bonchev–Trinajstić information content (AvgIpc) is 3.34. The van der Waals surface area contributed by atoms with E-state index in [-0.39, 0.29) is 5.39 Å². The van der Waals surface area contributed by atoms with Crippen molar-refractivity contribution in [1.82, 2.24) is 19.4 Å². The molecule has 5 aromatic rings. The minimum Gasteiger partial charge on any atom is -0.477 e. The number of carboxylic acid groups (broad SMARTS) is 1. The second-order valence-electron chi connectivity index (χ2n) is 9.67. The molecule has 13 heteroatoms. The number of fused-ring (bicyclic) bond motifs is 4. The van der Waals surface area contributed by atoms with Crippen LogP contribution in [-0.4, -0.2) is 77.9 Å². The molecule has 0 amide bonds. The molecule has 4 aromatic heterocycles. The standard InChI is InChI=1S/C27H25F2N7O4/c1-30-17-9-16(28)21(29)19-20-23(34(2)3)14(10-31-24(20)33-22(17)19)13-8-18(35-4-6-40-7-5-35)25-32-11-15(27(38)39)26(37)36(25)12-13/h8-12,30H,4-7H2,1-3H3,(H,31,33)(H,38,39). The Morgan fingerprint density at radius 2 is 1.90 bits per heavy atom. The number of hydrogen-bond donors (Lipinski definition) is 3. The van der Waals surface area contributed by atoms with Gasteiger partial charge in [0.05, 0.1) is 46.6 Å². The minimum atomic E-state index is -1.39. The minimum absolute atomic E-state index is 0.0404. The summed E-state index contributed by atoms with van der Waals surface area (Å²) in [5.74, 6) is -3.41. The molecule has 0 radical (unpaired) electrons. The van der Waals surface area contributed by atoms with Crippen molar-refractivity contribution < 1.29 is 23.4 Å². The van der Waals surface area contributed by atoms with E-state index in [1.54, 1.807) is 32.2 Å². The Bertz CT molecular complexity index is 1890. The maximum Gasteiger partial charge on any atom is 0.342 e. The van der Waals surface area contributed by atoms with Crippen LogP contribution in [0, 0.1) is 11.6 Å². The molecule has 1 aliphatic heterocycles. The highest BCUT2D eigenvalue weighted by Gasteiger charge is 2.25. The highest BCUT2D eigenvalue weighted by molar-refractivity contribution is 6.18. The highest BCUT2D eigenvalue weighted by atomic mass is 19.2. The second kappa shape index (κ2) is 9.45. The van der Waals surface area contributed by atoms with Gasteiger partial charge in [-0.2, -0.15) is 0 Å². The first kappa shape index (κ1) is 25.5. The van der Waals surface area contributed by atoms with E-state index in [1.807, 2.05) is 11.0 Å². The Labute approximate surface area is 225 Å². The van der Waals surface area contributed by atoms with Crippen molar-refractivity contribution in [1.29, 1.82) is 0 Å². The van der Waals surface area contributed by atoms with Crippen molar-refractivity contribution in [3.05, 3.63) is 58.3 Å². The van der Waals surface area contributed by atoms with Gasteiger partial charge in [0.15, 0.2) is 17.3 Å². The fourth-order valence-corrected chi connectivity index (χ4v) is 5.31. The van der Waals surface area contributed by atoms with Crippen LogP contribution in [0.15, 0.2) is 35.5 Å². The fourth-order valence-electron chi connectivity index (χ4n) is 5.31. The largest absolute Gasteiger partial charge is 0.477 e. The first-order valence-electron chi connectivity index (χ1n) is 12.5. The van der Waals surface area contributed by atoms with E-state index in [0.29, 0.717) is 76.7 Å². The molecule has 11 nitrogen and oxygen atoms in total. The summed E-state index contributed by atoms with van der Waals surface area (Å²) in [5, 5.41) is 12.9. The fraction of sp³-hybridized carbons (Fsp3) is 0.259. The number of benzene rings is 1. The van der Waals surface area contributed by atoms with Crippen molar-refractivity contribution in [3.63, 3.8) is 0 Å². The first-order valence-corrected chi connectivity index (χ1v) is 12.5. The van der Waals surface area contributed by atoms with Crippen LogP contribution in [0.1, 0.15) is 10.4 Å². The number of carbonyl (C=O) groups is 1. The van der Waals surface area contributed by atoms with Crippen molar-refractivity contribution >= 4 is 50.6 Å². The number of anilines is 3. The number of aromatic amines is 1. The van der Waals surface area contributed by atoms with Gasteiger partial charge in [0, 0.05) is 70.0 Å². The molecule has 0 spiro atoms. The van der Waals surface area contributed by atoms with Crippen LogP contribution in [-0.2, 0) is 4.74 Å². The predicted octanol–water partition coefficient (Wildman–Crippen LogP) is 3.31. The molecule has 1 fully saturated rings. The third-order valence-corrected chi connectivity index (χ3v) is 7.16. The lowest BCUT2D eigenvalue weighted by atomic mass is 10.0. The molecular formula is C27H25F2N7O4. The number of nitrogens with one attached hydrogen (secondary N) is 2. The topological polar surface area (TPSA) is 128 Å². The molecule has 3 N–H and O–H groups in total. The zero-order chi connectivity index (χ0) is 28.3. The third kappa shape index (κ3) is 3.80. The van der Waals surface area contributed by atoms with E-state index in [4.69, 9.17) is 4.74 Å². The number of aromatic nitrogens is 4. The van der Waals surface area contributed by atoms with Gasteiger partial charge in [0.2, 0.25) is 0 Å². The number of rotatable bonds is 5. The Morgan fingerprint density at radius 3 is 2.58 bits per heavy atom.